The Labute approximate surface area is 203 Å². The van der Waals surface area contributed by atoms with E-state index in [1.54, 1.807) is 6.07 Å². The van der Waals surface area contributed by atoms with E-state index in [0.717, 1.165) is 45.6 Å². The van der Waals surface area contributed by atoms with Gasteiger partial charge in [-0.25, -0.2) is 4.79 Å². The number of carbonyl (C=O) groups excluding carboxylic acids is 1. The van der Waals surface area contributed by atoms with Crippen LogP contribution < -0.4 is 0 Å². The number of hydrogen-bond acceptors (Lipinski definition) is 3. The van der Waals surface area contributed by atoms with Crippen molar-refractivity contribution in [3.8, 4) is 11.8 Å². The molecule has 1 aromatic carbocycles. The molecule has 0 saturated heterocycles. The van der Waals surface area contributed by atoms with Crippen LogP contribution in [0.2, 0.25) is 0 Å². The smallest absolute Gasteiger partial charge is 0.432 e. The van der Waals surface area contributed by atoms with Crippen LogP contribution in [0.1, 0.15) is 97.0 Å². The molecule has 0 amide bonds. The minimum absolute atomic E-state index is 0.167. The Hall–Kier alpha value is -2.00. The first kappa shape index (κ1) is 30.0. The van der Waals surface area contributed by atoms with Crippen LogP contribution in [0, 0.1) is 17.8 Å². The maximum atomic E-state index is 14.2. The highest BCUT2D eigenvalue weighted by Gasteiger charge is 2.64. The van der Waals surface area contributed by atoms with Gasteiger partial charge in [0.1, 0.15) is 0 Å². The van der Waals surface area contributed by atoms with Crippen LogP contribution in [0.15, 0.2) is 30.3 Å². The van der Waals surface area contributed by atoms with Gasteiger partial charge in [-0.3, -0.25) is 0 Å². The van der Waals surface area contributed by atoms with Crippen LogP contribution in [0.25, 0.3) is 0 Å². The molecule has 0 radical (unpaired) electrons. The van der Waals surface area contributed by atoms with Gasteiger partial charge < -0.3 is 9.47 Å². The van der Waals surface area contributed by atoms with Gasteiger partial charge in [-0.2, -0.15) is 13.2 Å². The molecule has 34 heavy (non-hydrogen) atoms. The Morgan fingerprint density at radius 1 is 0.971 bits per heavy atom. The fourth-order valence-electron chi connectivity index (χ4n) is 3.95. The summed E-state index contributed by atoms with van der Waals surface area (Å²) in [6.45, 7) is 6.26. The minimum Gasteiger partial charge on any atom is -0.446 e. The van der Waals surface area contributed by atoms with Crippen molar-refractivity contribution >= 4 is 5.97 Å². The van der Waals surface area contributed by atoms with Crippen LogP contribution in [0.5, 0.6) is 0 Å². The van der Waals surface area contributed by atoms with Gasteiger partial charge in [0.25, 0.3) is 5.60 Å². The zero-order valence-corrected chi connectivity index (χ0v) is 21.2. The van der Waals surface area contributed by atoms with Crippen LogP contribution in [0.3, 0.4) is 0 Å². The summed E-state index contributed by atoms with van der Waals surface area (Å²) in [6.07, 6.45) is 4.80. The average Bonchev–Trinajstić information content (AvgIpc) is 2.80. The van der Waals surface area contributed by atoms with Crippen LogP contribution in [0.4, 0.5) is 13.2 Å². The summed E-state index contributed by atoms with van der Waals surface area (Å²) >= 11 is 0. The molecule has 6 heteroatoms. The van der Waals surface area contributed by atoms with Gasteiger partial charge in [-0.05, 0) is 18.8 Å². The van der Waals surface area contributed by atoms with E-state index in [1.807, 2.05) is 6.92 Å². The molecule has 0 N–H and O–H groups in total. The third-order valence-corrected chi connectivity index (χ3v) is 6.01. The minimum atomic E-state index is -5.00. The molecule has 3 atom stereocenters. The molecule has 0 spiro atoms. The van der Waals surface area contributed by atoms with Gasteiger partial charge in [-0.15, -0.1) is 0 Å². The Balaban J connectivity index is 3.02. The third-order valence-electron chi connectivity index (χ3n) is 6.01. The molecule has 192 valence electrons. The second kappa shape index (κ2) is 15.8. The number of carbonyl (C=O) groups is 1. The first-order valence-corrected chi connectivity index (χ1v) is 12.6. The molecule has 0 aliphatic rings. The summed E-state index contributed by atoms with van der Waals surface area (Å²) in [5.41, 5.74) is -3.51. The maximum Gasteiger partial charge on any atom is 0.432 e. The molecule has 1 unspecified atom stereocenters. The molecule has 1 aromatic rings. The predicted octanol–water partition coefficient (Wildman–Crippen LogP) is 7.97. The number of ether oxygens (including phenoxy) is 2. The van der Waals surface area contributed by atoms with Crippen molar-refractivity contribution in [2.24, 2.45) is 5.92 Å². The van der Waals surface area contributed by atoms with Crippen LogP contribution in [-0.2, 0) is 19.9 Å². The van der Waals surface area contributed by atoms with E-state index >= 15 is 0 Å². The fraction of sp³-hybridized carbons (Fsp3) is 0.679. The number of halogens is 3. The van der Waals surface area contributed by atoms with Crippen LogP contribution in [-0.4, -0.2) is 25.4 Å². The number of esters is 1. The second-order valence-corrected chi connectivity index (χ2v) is 8.97. The lowest BCUT2D eigenvalue weighted by Crippen LogP contribution is -2.52. The Morgan fingerprint density at radius 3 is 2.18 bits per heavy atom. The highest BCUT2D eigenvalue weighted by atomic mass is 19.4. The molecular formula is C28H41F3O3. The van der Waals surface area contributed by atoms with Crippen molar-refractivity contribution in [2.45, 2.75) is 109 Å². The van der Waals surface area contributed by atoms with Crippen molar-refractivity contribution in [1.29, 1.82) is 0 Å². The van der Waals surface area contributed by atoms with Gasteiger partial charge in [0.15, 0.2) is 6.10 Å². The summed E-state index contributed by atoms with van der Waals surface area (Å²) in [7, 11) is 0.880. The molecule has 0 aliphatic carbocycles. The van der Waals surface area contributed by atoms with Crippen molar-refractivity contribution < 1.29 is 27.4 Å². The fourth-order valence-corrected chi connectivity index (χ4v) is 3.95. The Kier molecular flexibility index (Phi) is 14.0. The van der Waals surface area contributed by atoms with E-state index in [-0.39, 0.29) is 11.5 Å². The summed E-state index contributed by atoms with van der Waals surface area (Å²) in [6, 6.07) is 6.90. The summed E-state index contributed by atoms with van der Waals surface area (Å²) < 4.78 is 52.9. The van der Waals surface area contributed by atoms with Crippen molar-refractivity contribution in [2.75, 3.05) is 7.11 Å². The molecule has 0 saturated carbocycles. The summed E-state index contributed by atoms with van der Waals surface area (Å²) in [5.74, 6) is 4.68. The topological polar surface area (TPSA) is 35.5 Å². The SMILES string of the molecule is CCCCCCCCC#C[C@@H](C[C@H](C)CCCC)OC(=O)C(OC)(c1ccccc1)C(F)(F)F. The highest BCUT2D eigenvalue weighted by molar-refractivity contribution is 5.83. The predicted molar refractivity (Wildman–Crippen MR) is 130 cm³/mol. The zero-order valence-electron chi connectivity index (χ0n) is 21.2. The summed E-state index contributed by atoms with van der Waals surface area (Å²) in [4.78, 5) is 13.0. The molecule has 0 heterocycles. The number of unbranched alkanes of at least 4 members (excludes halogenated alkanes) is 7. The lowest BCUT2D eigenvalue weighted by Gasteiger charge is -2.33. The van der Waals surface area contributed by atoms with E-state index in [0.29, 0.717) is 12.8 Å². The molecule has 0 aliphatic heterocycles. The normalized spacial score (nSPS) is 15.0. The monoisotopic (exact) mass is 482 g/mol. The molecule has 3 nitrogen and oxygen atoms in total. The van der Waals surface area contributed by atoms with Crippen molar-refractivity contribution in [3.05, 3.63) is 35.9 Å². The van der Waals surface area contributed by atoms with E-state index < -0.39 is 23.9 Å². The van der Waals surface area contributed by atoms with Gasteiger partial charge in [0.05, 0.1) is 0 Å². The number of rotatable bonds is 15. The lowest BCUT2D eigenvalue weighted by atomic mass is 9.92. The number of methoxy groups -OCH3 is 1. The van der Waals surface area contributed by atoms with Crippen molar-refractivity contribution in [3.63, 3.8) is 0 Å². The largest absolute Gasteiger partial charge is 0.446 e. The summed E-state index contributed by atoms with van der Waals surface area (Å²) in [5, 5.41) is 0. The second-order valence-electron chi connectivity index (χ2n) is 8.97. The molecule has 0 fully saturated rings. The van der Waals surface area contributed by atoms with Gasteiger partial charge >= 0.3 is 12.1 Å². The first-order chi connectivity index (χ1) is 16.2. The standard InChI is InChI=1S/C28H41F3O3/c1-5-7-9-10-11-12-13-17-21-25(22-23(3)18-8-6-2)34-26(32)27(33-4,28(29,30)31)24-19-15-14-16-20-24/h14-16,19-20,23,25H,5-13,18,22H2,1-4H3/t23-,25+,27?/m1/s1. The Bertz CT molecular complexity index is 752. The molecule has 0 aromatic heterocycles. The van der Waals surface area contributed by atoms with E-state index in [9.17, 15) is 18.0 Å². The third kappa shape index (κ3) is 9.33. The zero-order chi connectivity index (χ0) is 25.5. The van der Waals surface area contributed by atoms with Gasteiger partial charge in [0, 0.05) is 19.1 Å². The first-order valence-electron chi connectivity index (χ1n) is 12.6. The van der Waals surface area contributed by atoms with Gasteiger partial charge in [0.2, 0.25) is 0 Å². The Morgan fingerprint density at radius 2 is 1.59 bits per heavy atom. The quantitative estimate of drug-likeness (QED) is 0.144. The average molecular weight is 483 g/mol. The van der Waals surface area contributed by atoms with E-state index in [1.165, 1.54) is 43.5 Å². The lowest BCUT2D eigenvalue weighted by molar-refractivity contribution is -0.277. The van der Waals surface area contributed by atoms with Gasteiger partial charge in [-0.1, -0.05) is 114 Å². The number of benzene rings is 1. The van der Waals surface area contributed by atoms with E-state index in [4.69, 9.17) is 9.47 Å². The van der Waals surface area contributed by atoms with Crippen LogP contribution >= 0.6 is 0 Å². The maximum absolute atomic E-state index is 14.2. The van der Waals surface area contributed by atoms with E-state index in [2.05, 4.69) is 25.7 Å². The molecular weight excluding hydrogens is 441 g/mol. The number of hydrogen-bond donors (Lipinski definition) is 0. The number of alkyl halides is 3. The highest BCUT2D eigenvalue weighted by Crippen LogP contribution is 2.43. The van der Waals surface area contributed by atoms with Crippen molar-refractivity contribution in [1.82, 2.24) is 0 Å². The molecule has 0 bridgehead atoms. The molecule has 1 rings (SSSR count).